The zero-order valence-electron chi connectivity index (χ0n) is 11.4. The van der Waals surface area contributed by atoms with E-state index >= 15 is 0 Å². The number of amides is 1. The van der Waals surface area contributed by atoms with Crippen LogP contribution < -0.4 is 5.32 Å². The first-order chi connectivity index (χ1) is 10.7. The van der Waals surface area contributed by atoms with E-state index in [1.54, 1.807) is 30.5 Å². The lowest BCUT2D eigenvalue weighted by atomic mass is 10.2. The summed E-state index contributed by atoms with van der Waals surface area (Å²) in [5, 5.41) is 10.9. The number of carbonyl (C=O) groups excluding carboxylic acids is 1. The van der Waals surface area contributed by atoms with Crippen LogP contribution in [0.4, 0.5) is 0 Å². The fourth-order valence-electron chi connectivity index (χ4n) is 1.77. The van der Waals surface area contributed by atoms with Gasteiger partial charge in [-0.15, -0.1) is 10.2 Å². The molecule has 1 amide bonds. The number of pyridine rings is 1. The van der Waals surface area contributed by atoms with Gasteiger partial charge in [-0.3, -0.25) is 9.78 Å². The molecular formula is C15H11ClN4O2. The Labute approximate surface area is 131 Å². The smallest absolute Gasteiger partial charge is 0.309 e. The highest BCUT2D eigenvalue weighted by Crippen LogP contribution is 2.20. The number of nitrogens with one attached hydrogen (secondary N) is 1. The van der Waals surface area contributed by atoms with E-state index in [0.717, 1.165) is 5.69 Å². The molecule has 1 N–H and O–H groups in total. The summed E-state index contributed by atoms with van der Waals surface area (Å²) in [4.78, 5) is 16.1. The highest BCUT2D eigenvalue weighted by molar-refractivity contribution is 6.30. The molecule has 0 radical (unpaired) electrons. The summed E-state index contributed by atoms with van der Waals surface area (Å²) in [6.45, 7) is 0.290. The molecular weight excluding hydrogens is 304 g/mol. The third-order valence-corrected chi connectivity index (χ3v) is 3.12. The summed E-state index contributed by atoms with van der Waals surface area (Å²) >= 11 is 5.82. The van der Waals surface area contributed by atoms with E-state index in [9.17, 15) is 4.79 Å². The Morgan fingerprint density at radius 3 is 2.68 bits per heavy atom. The monoisotopic (exact) mass is 314 g/mol. The molecule has 7 heteroatoms. The number of benzene rings is 1. The van der Waals surface area contributed by atoms with Gasteiger partial charge in [-0.05, 0) is 36.4 Å². The second-order valence-electron chi connectivity index (χ2n) is 4.42. The molecule has 0 atom stereocenters. The molecule has 0 bridgehead atoms. The first kappa shape index (κ1) is 14.2. The second kappa shape index (κ2) is 6.36. The summed E-state index contributed by atoms with van der Waals surface area (Å²) in [6.07, 6.45) is 1.66. The number of hydrogen-bond acceptors (Lipinski definition) is 5. The molecule has 0 aliphatic carbocycles. The molecule has 0 aliphatic heterocycles. The number of aromatic nitrogens is 3. The fraction of sp³-hybridized carbons (Fsp3) is 0.0667. The molecule has 0 saturated heterocycles. The molecule has 0 fully saturated rings. The van der Waals surface area contributed by atoms with Crippen LogP contribution in [-0.2, 0) is 6.54 Å². The van der Waals surface area contributed by atoms with Crippen molar-refractivity contribution in [1.29, 1.82) is 0 Å². The second-order valence-corrected chi connectivity index (χ2v) is 4.86. The molecule has 2 aromatic heterocycles. The number of carbonyl (C=O) groups is 1. The Kier molecular flexibility index (Phi) is 4.11. The molecule has 0 spiro atoms. The average molecular weight is 315 g/mol. The maximum atomic E-state index is 12.0. The quantitative estimate of drug-likeness (QED) is 0.800. The zero-order chi connectivity index (χ0) is 15.4. The third kappa shape index (κ3) is 3.29. The Bertz CT molecular complexity index is 772. The average Bonchev–Trinajstić information content (AvgIpc) is 3.04. The van der Waals surface area contributed by atoms with Crippen LogP contribution in [0.3, 0.4) is 0 Å². The maximum Gasteiger partial charge on any atom is 0.309 e. The van der Waals surface area contributed by atoms with Crippen molar-refractivity contribution in [1.82, 2.24) is 20.5 Å². The van der Waals surface area contributed by atoms with Gasteiger partial charge < -0.3 is 9.73 Å². The standard InChI is InChI=1S/C15H11ClN4O2/c16-11-6-4-10(5-7-11)14-19-20-15(22-14)13(21)18-9-12-3-1-2-8-17-12/h1-8H,9H2,(H,18,21). The predicted molar refractivity (Wildman–Crippen MR) is 80.2 cm³/mol. The molecule has 3 aromatic rings. The van der Waals surface area contributed by atoms with Crippen LogP contribution >= 0.6 is 11.6 Å². The van der Waals surface area contributed by atoms with E-state index in [-0.39, 0.29) is 11.8 Å². The summed E-state index contributed by atoms with van der Waals surface area (Å²) in [7, 11) is 0. The summed E-state index contributed by atoms with van der Waals surface area (Å²) in [5.41, 5.74) is 1.44. The van der Waals surface area contributed by atoms with Crippen LogP contribution in [0.2, 0.25) is 5.02 Å². The van der Waals surface area contributed by atoms with E-state index in [0.29, 0.717) is 17.1 Å². The van der Waals surface area contributed by atoms with Gasteiger partial charge >= 0.3 is 11.8 Å². The SMILES string of the molecule is O=C(NCc1ccccn1)c1nnc(-c2ccc(Cl)cc2)o1. The number of rotatable bonds is 4. The molecule has 1 aromatic carbocycles. The van der Waals surface area contributed by atoms with Crippen LogP contribution in [0.25, 0.3) is 11.5 Å². The highest BCUT2D eigenvalue weighted by Gasteiger charge is 2.15. The van der Waals surface area contributed by atoms with Gasteiger partial charge in [0.05, 0.1) is 12.2 Å². The molecule has 0 aliphatic rings. The Balaban J connectivity index is 1.68. The van der Waals surface area contributed by atoms with Gasteiger partial charge in [0, 0.05) is 16.8 Å². The van der Waals surface area contributed by atoms with Crippen molar-refractivity contribution in [2.75, 3.05) is 0 Å². The van der Waals surface area contributed by atoms with Crippen LogP contribution in [0.5, 0.6) is 0 Å². The normalized spacial score (nSPS) is 10.4. The minimum Gasteiger partial charge on any atom is -0.412 e. The first-order valence-corrected chi connectivity index (χ1v) is 6.88. The fourth-order valence-corrected chi connectivity index (χ4v) is 1.90. The van der Waals surface area contributed by atoms with Gasteiger partial charge in [0.2, 0.25) is 5.89 Å². The molecule has 0 saturated carbocycles. The van der Waals surface area contributed by atoms with Crippen LogP contribution in [-0.4, -0.2) is 21.1 Å². The van der Waals surface area contributed by atoms with Crippen LogP contribution in [0, 0.1) is 0 Å². The minimum atomic E-state index is -0.446. The van der Waals surface area contributed by atoms with E-state index in [2.05, 4.69) is 20.5 Å². The van der Waals surface area contributed by atoms with E-state index in [1.165, 1.54) is 0 Å². The zero-order valence-corrected chi connectivity index (χ0v) is 12.1. The third-order valence-electron chi connectivity index (χ3n) is 2.87. The molecule has 110 valence electrons. The van der Waals surface area contributed by atoms with Crippen molar-refractivity contribution in [2.24, 2.45) is 0 Å². The lowest BCUT2D eigenvalue weighted by Crippen LogP contribution is -2.23. The van der Waals surface area contributed by atoms with E-state index in [1.807, 2.05) is 18.2 Å². The number of hydrogen-bond donors (Lipinski definition) is 1. The van der Waals surface area contributed by atoms with Crippen molar-refractivity contribution in [3.63, 3.8) is 0 Å². The topological polar surface area (TPSA) is 80.9 Å². The lowest BCUT2D eigenvalue weighted by Gasteiger charge is -2.00. The van der Waals surface area contributed by atoms with E-state index < -0.39 is 5.91 Å². The Hall–Kier alpha value is -2.73. The Morgan fingerprint density at radius 2 is 1.95 bits per heavy atom. The van der Waals surface area contributed by atoms with Crippen LogP contribution in [0.15, 0.2) is 53.1 Å². The number of nitrogens with zero attached hydrogens (tertiary/aromatic N) is 3. The van der Waals surface area contributed by atoms with Crippen LogP contribution in [0.1, 0.15) is 16.4 Å². The van der Waals surface area contributed by atoms with Gasteiger partial charge in [0.15, 0.2) is 0 Å². The summed E-state index contributed by atoms with van der Waals surface area (Å²) in [5.74, 6) is -0.279. The predicted octanol–water partition coefficient (Wildman–Crippen LogP) is 2.72. The Morgan fingerprint density at radius 1 is 1.14 bits per heavy atom. The molecule has 0 unspecified atom stereocenters. The summed E-state index contributed by atoms with van der Waals surface area (Å²) in [6, 6.07) is 12.4. The lowest BCUT2D eigenvalue weighted by molar-refractivity contribution is 0.0916. The van der Waals surface area contributed by atoms with Crippen molar-refractivity contribution >= 4 is 17.5 Å². The molecule has 6 nitrogen and oxygen atoms in total. The van der Waals surface area contributed by atoms with Crippen molar-refractivity contribution in [3.05, 3.63) is 65.3 Å². The molecule has 2 heterocycles. The van der Waals surface area contributed by atoms with Gasteiger partial charge in [0.25, 0.3) is 0 Å². The van der Waals surface area contributed by atoms with Gasteiger partial charge in [0.1, 0.15) is 0 Å². The number of halogens is 1. The highest BCUT2D eigenvalue weighted by atomic mass is 35.5. The maximum absolute atomic E-state index is 12.0. The van der Waals surface area contributed by atoms with Crippen molar-refractivity contribution in [2.45, 2.75) is 6.54 Å². The van der Waals surface area contributed by atoms with Crippen molar-refractivity contribution in [3.8, 4) is 11.5 Å². The summed E-state index contributed by atoms with van der Waals surface area (Å²) < 4.78 is 5.36. The first-order valence-electron chi connectivity index (χ1n) is 6.50. The largest absolute Gasteiger partial charge is 0.412 e. The molecule has 3 rings (SSSR count). The minimum absolute atomic E-state index is 0.0964. The van der Waals surface area contributed by atoms with Gasteiger partial charge in [-0.1, -0.05) is 17.7 Å². The molecule has 22 heavy (non-hydrogen) atoms. The van der Waals surface area contributed by atoms with Gasteiger partial charge in [-0.2, -0.15) is 0 Å². The van der Waals surface area contributed by atoms with E-state index in [4.69, 9.17) is 16.0 Å². The van der Waals surface area contributed by atoms with Crippen molar-refractivity contribution < 1.29 is 9.21 Å². The van der Waals surface area contributed by atoms with Gasteiger partial charge in [-0.25, -0.2) is 0 Å².